The molecule has 5 nitrogen and oxygen atoms in total. The lowest BCUT2D eigenvalue weighted by Crippen LogP contribution is -2.03. The molecule has 3 aromatic heterocycles. The number of fused-ring (bicyclic) bond motifs is 1. The molecule has 0 aliphatic rings. The Hall–Kier alpha value is -3.51. The molecule has 1 N–H and O–H groups in total. The summed E-state index contributed by atoms with van der Waals surface area (Å²) in [6, 6.07) is 22.2. The maximum atomic E-state index is 5.53. The first-order valence-electron chi connectivity index (χ1n) is 9.33. The number of rotatable bonds is 5. The van der Waals surface area contributed by atoms with Gasteiger partial charge in [-0.2, -0.15) is 4.98 Å². The number of pyridine rings is 1. The van der Waals surface area contributed by atoms with Crippen LogP contribution in [0, 0.1) is 6.92 Å². The molecule has 0 radical (unpaired) electrons. The predicted octanol–water partition coefficient (Wildman–Crippen LogP) is 5.93. The fraction of sp³-hybridized carbons (Fsp3) is 0.0870. The van der Waals surface area contributed by atoms with E-state index in [1.807, 2.05) is 36.4 Å². The predicted molar refractivity (Wildman–Crippen MR) is 117 cm³/mol. The molecule has 5 aromatic rings. The number of thiophene rings is 1. The topological polar surface area (TPSA) is 63.8 Å². The first-order valence-corrected chi connectivity index (χ1v) is 10.2. The summed E-state index contributed by atoms with van der Waals surface area (Å²) in [7, 11) is 0. The number of anilines is 1. The molecule has 0 saturated carbocycles. The molecule has 6 heteroatoms. The van der Waals surface area contributed by atoms with E-state index in [4.69, 9.17) is 9.51 Å². The summed E-state index contributed by atoms with van der Waals surface area (Å²) in [4.78, 5) is 10.7. The second-order valence-corrected chi connectivity index (χ2v) is 7.84. The van der Waals surface area contributed by atoms with Crippen LogP contribution >= 0.6 is 11.3 Å². The van der Waals surface area contributed by atoms with Gasteiger partial charge in [0.15, 0.2) is 0 Å². The number of nitrogens with one attached hydrogen (secondary N) is 1. The molecule has 0 saturated heterocycles. The van der Waals surface area contributed by atoms with Gasteiger partial charge < -0.3 is 9.84 Å². The van der Waals surface area contributed by atoms with Gasteiger partial charge in [0.25, 0.3) is 5.89 Å². The van der Waals surface area contributed by atoms with Crippen molar-refractivity contribution in [2.45, 2.75) is 13.5 Å². The molecular weight excluding hydrogens is 380 g/mol. The first kappa shape index (κ1) is 17.6. The van der Waals surface area contributed by atoms with E-state index in [-0.39, 0.29) is 0 Å². The molecule has 29 heavy (non-hydrogen) atoms. The van der Waals surface area contributed by atoms with E-state index in [0.29, 0.717) is 18.3 Å². The minimum absolute atomic E-state index is 0.494. The molecule has 3 heterocycles. The monoisotopic (exact) mass is 398 g/mol. The van der Waals surface area contributed by atoms with Crippen molar-refractivity contribution >= 4 is 28.1 Å². The van der Waals surface area contributed by atoms with Crippen molar-refractivity contribution in [3.63, 3.8) is 0 Å². The molecule has 0 unspecified atom stereocenters. The van der Waals surface area contributed by atoms with Crippen molar-refractivity contribution in [2.24, 2.45) is 0 Å². The summed E-state index contributed by atoms with van der Waals surface area (Å²) in [5, 5.41) is 10.8. The largest absolute Gasteiger partial charge is 0.365 e. The number of nitrogens with zero attached hydrogens (tertiary/aromatic N) is 3. The summed E-state index contributed by atoms with van der Waals surface area (Å²) < 4.78 is 5.53. The number of hydrogen-bond acceptors (Lipinski definition) is 6. The summed E-state index contributed by atoms with van der Waals surface area (Å²) >= 11 is 1.71. The van der Waals surface area contributed by atoms with Crippen molar-refractivity contribution in [3.8, 4) is 22.8 Å². The lowest BCUT2D eigenvalue weighted by molar-refractivity contribution is 0.432. The fourth-order valence-electron chi connectivity index (χ4n) is 3.20. The van der Waals surface area contributed by atoms with Gasteiger partial charge in [-0.3, -0.25) is 0 Å². The summed E-state index contributed by atoms with van der Waals surface area (Å²) in [5.74, 6) is 1.76. The van der Waals surface area contributed by atoms with E-state index in [0.717, 1.165) is 27.8 Å². The standard InChI is InChI=1S/C23H18N4OS/c1-15-9-10-17-13-19(22-26-23(28-27-22)16-6-3-2-4-7-16)21(25-20(17)12-15)24-14-18-8-5-11-29-18/h2-13H,14H2,1H3,(H,24,25). The molecule has 142 valence electrons. The minimum atomic E-state index is 0.494. The Morgan fingerprint density at radius 1 is 0.966 bits per heavy atom. The maximum absolute atomic E-state index is 5.53. The maximum Gasteiger partial charge on any atom is 0.258 e. The average Bonchev–Trinajstić information content (AvgIpc) is 3.44. The van der Waals surface area contributed by atoms with Crippen LogP contribution in [-0.4, -0.2) is 15.1 Å². The van der Waals surface area contributed by atoms with Gasteiger partial charge in [-0.05, 0) is 48.2 Å². The van der Waals surface area contributed by atoms with E-state index in [9.17, 15) is 0 Å². The van der Waals surface area contributed by atoms with E-state index in [2.05, 4.69) is 58.1 Å². The Morgan fingerprint density at radius 3 is 2.69 bits per heavy atom. The summed E-state index contributed by atoms with van der Waals surface area (Å²) in [5.41, 5.74) is 3.83. The Balaban J connectivity index is 1.58. The van der Waals surface area contributed by atoms with Gasteiger partial charge in [0.05, 0.1) is 17.6 Å². The fourth-order valence-corrected chi connectivity index (χ4v) is 3.84. The molecule has 0 amide bonds. The number of hydrogen-bond donors (Lipinski definition) is 1. The first-order chi connectivity index (χ1) is 14.3. The SMILES string of the molecule is Cc1ccc2cc(-c3noc(-c4ccccc4)n3)c(NCc3cccs3)nc2c1. The average molecular weight is 398 g/mol. The lowest BCUT2D eigenvalue weighted by Gasteiger charge is -2.10. The number of aromatic nitrogens is 3. The van der Waals surface area contributed by atoms with Gasteiger partial charge in [-0.25, -0.2) is 4.98 Å². The van der Waals surface area contributed by atoms with Crippen LogP contribution < -0.4 is 5.32 Å². The number of aryl methyl sites for hydroxylation is 1. The zero-order valence-corrected chi connectivity index (χ0v) is 16.6. The van der Waals surface area contributed by atoms with E-state index in [1.165, 1.54) is 10.4 Å². The molecule has 0 fully saturated rings. The van der Waals surface area contributed by atoms with Gasteiger partial charge in [0.2, 0.25) is 5.82 Å². The highest BCUT2D eigenvalue weighted by atomic mass is 32.1. The molecule has 5 rings (SSSR count). The van der Waals surface area contributed by atoms with Crippen molar-refractivity contribution < 1.29 is 4.52 Å². The highest BCUT2D eigenvalue weighted by Gasteiger charge is 2.16. The van der Waals surface area contributed by atoms with Gasteiger partial charge in [-0.1, -0.05) is 41.6 Å². The zero-order valence-electron chi connectivity index (χ0n) is 15.8. The van der Waals surface area contributed by atoms with Crippen LogP contribution in [0.1, 0.15) is 10.4 Å². The van der Waals surface area contributed by atoms with Gasteiger partial charge in [-0.15, -0.1) is 11.3 Å². The van der Waals surface area contributed by atoms with Gasteiger partial charge >= 0.3 is 0 Å². The van der Waals surface area contributed by atoms with Crippen LogP contribution in [0.5, 0.6) is 0 Å². The molecule has 0 spiro atoms. The molecule has 0 aliphatic carbocycles. The minimum Gasteiger partial charge on any atom is -0.365 e. The Bertz CT molecular complexity index is 1260. The quantitative estimate of drug-likeness (QED) is 0.397. The second kappa shape index (κ2) is 7.48. The van der Waals surface area contributed by atoms with Crippen molar-refractivity contribution in [3.05, 3.63) is 82.6 Å². The van der Waals surface area contributed by atoms with Gasteiger partial charge in [0, 0.05) is 15.8 Å². The zero-order chi connectivity index (χ0) is 19.6. The van der Waals surface area contributed by atoms with E-state index in [1.54, 1.807) is 11.3 Å². The van der Waals surface area contributed by atoms with Crippen LogP contribution in [-0.2, 0) is 6.54 Å². The third-order valence-corrected chi connectivity index (χ3v) is 5.55. The molecular formula is C23H18N4OS. The summed E-state index contributed by atoms with van der Waals surface area (Å²) in [6.45, 7) is 2.76. The Labute approximate surface area is 172 Å². The lowest BCUT2D eigenvalue weighted by atomic mass is 10.1. The molecule has 0 aliphatic heterocycles. The third kappa shape index (κ3) is 3.62. The molecule has 0 atom stereocenters. The van der Waals surface area contributed by atoms with Gasteiger partial charge in [0.1, 0.15) is 5.82 Å². The molecule has 2 aromatic carbocycles. The highest BCUT2D eigenvalue weighted by molar-refractivity contribution is 7.09. The second-order valence-electron chi connectivity index (χ2n) is 6.80. The smallest absolute Gasteiger partial charge is 0.258 e. The normalized spacial score (nSPS) is 11.1. The van der Waals surface area contributed by atoms with Crippen molar-refractivity contribution in [2.75, 3.05) is 5.32 Å². The van der Waals surface area contributed by atoms with Crippen LogP contribution in [0.25, 0.3) is 33.7 Å². The number of benzene rings is 2. The third-order valence-electron chi connectivity index (χ3n) is 4.67. The molecule has 0 bridgehead atoms. The van der Waals surface area contributed by atoms with E-state index < -0.39 is 0 Å². The van der Waals surface area contributed by atoms with Crippen LogP contribution in [0.2, 0.25) is 0 Å². The van der Waals surface area contributed by atoms with Crippen molar-refractivity contribution in [1.82, 2.24) is 15.1 Å². The van der Waals surface area contributed by atoms with Crippen LogP contribution in [0.3, 0.4) is 0 Å². The van der Waals surface area contributed by atoms with E-state index >= 15 is 0 Å². The Kier molecular flexibility index (Phi) is 4.54. The van der Waals surface area contributed by atoms with Crippen LogP contribution in [0.15, 0.2) is 76.6 Å². The summed E-state index contributed by atoms with van der Waals surface area (Å²) in [6.07, 6.45) is 0. The van der Waals surface area contributed by atoms with Crippen molar-refractivity contribution in [1.29, 1.82) is 0 Å². The Morgan fingerprint density at radius 2 is 1.86 bits per heavy atom. The highest BCUT2D eigenvalue weighted by Crippen LogP contribution is 2.31. The van der Waals surface area contributed by atoms with Crippen LogP contribution in [0.4, 0.5) is 5.82 Å².